The third-order valence-corrected chi connectivity index (χ3v) is 3.67. The van der Waals surface area contributed by atoms with Crippen LogP contribution in [0.2, 0.25) is 0 Å². The molecule has 1 unspecified atom stereocenters. The number of non-ortho nitro benzene ring substituents is 1. The largest absolute Gasteiger partial charge is 0.514 e. The topological polar surface area (TPSA) is 108 Å². The molecular weight excluding hydrogens is 344 g/mol. The van der Waals surface area contributed by atoms with Crippen LogP contribution in [0.1, 0.15) is 34.1 Å². The van der Waals surface area contributed by atoms with E-state index >= 15 is 0 Å². The highest BCUT2D eigenvalue weighted by atomic mass is 16.7. The molecule has 1 aromatic carbocycles. The molecule has 9 nitrogen and oxygen atoms in total. The molecule has 0 saturated carbocycles. The second-order valence-electron chi connectivity index (χ2n) is 7.31. The maximum absolute atomic E-state index is 12.1. The zero-order valence-electron chi connectivity index (χ0n) is 15.2. The van der Waals surface area contributed by atoms with Gasteiger partial charge in [-0.2, -0.15) is 0 Å². The average Bonchev–Trinajstić information content (AvgIpc) is 2.88. The van der Waals surface area contributed by atoms with Gasteiger partial charge in [-0.25, -0.2) is 9.59 Å². The Labute approximate surface area is 151 Å². The molecule has 1 aliphatic rings. The van der Waals surface area contributed by atoms with Crippen LogP contribution in [0.25, 0.3) is 0 Å². The summed E-state index contributed by atoms with van der Waals surface area (Å²) in [6.45, 7) is 7.62. The van der Waals surface area contributed by atoms with Gasteiger partial charge in [0.2, 0.25) is 0 Å². The minimum atomic E-state index is -0.938. The summed E-state index contributed by atoms with van der Waals surface area (Å²) in [6, 6.07) is 5.07. The van der Waals surface area contributed by atoms with Gasteiger partial charge in [0.15, 0.2) is 0 Å². The Balaban J connectivity index is 1.90. The maximum atomic E-state index is 12.1. The number of carbonyl (C=O) groups is 2. The third kappa shape index (κ3) is 5.33. The van der Waals surface area contributed by atoms with Gasteiger partial charge in [-0.05, 0) is 39.8 Å². The highest BCUT2D eigenvalue weighted by Crippen LogP contribution is 2.27. The van der Waals surface area contributed by atoms with Crippen LogP contribution in [0.15, 0.2) is 24.3 Å². The average molecular weight is 366 g/mol. The van der Waals surface area contributed by atoms with Gasteiger partial charge < -0.3 is 19.1 Å². The minimum Gasteiger partial charge on any atom is -0.444 e. The molecule has 1 fully saturated rings. The van der Waals surface area contributed by atoms with Crippen LogP contribution < -0.4 is 4.74 Å². The molecule has 26 heavy (non-hydrogen) atoms. The van der Waals surface area contributed by atoms with Crippen LogP contribution in [-0.2, 0) is 9.47 Å². The van der Waals surface area contributed by atoms with Gasteiger partial charge in [0.1, 0.15) is 17.0 Å². The van der Waals surface area contributed by atoms with Gasteiger partial charge in [-0.3, -0.25) is 10.1 Å². The Hall–Kier alpha value is -2.84. The maximum Gasteiger partial charge on any atom is 0.514 e. The lowest BCUT2D eigenvalue weighted by Gasteiger charge is -2.26. The summed E-state index contributed by atoms with van der Waals surface area (Å²) < 4.78 is 15.7. The highest BCUT2D eigenvalue weighted by molar-refractivity contribution is 5.69. The molecule has 1 aliphatic heterocycles. The molecule has 0 aliphatic carbocycles. The first kappa shape index (κ1) is 19.5. The predicted molar refractivity (Wildman–Crippen MR) is 91.0 cm³/mol. The van der Waals surface area contributed by atoms with Gasteiger partial charge in [-0.15, -0.1) is 0 Å². The van der Waals surface area contributed by atoms with E-state index < -0.39 is 28.4 Å². The molecule has 1 amide bonds. The number of hydrogen-bond acceptors (Lipinski definition) is 7. The summed E-state index contributed by atoms with van der Waals surface area (Å²) in [5, 5.41) is 10.6. The molecule has 142 valence electrons. The van der Waals surface area contributed by atoms with E-state index in [9.17, 15) is 19.7 Å². The van der Waals surface area contributed by atoms with E-state index in [-0.39, 0.29) is 18.0 Å². The Morgan fingerprint density at radius 1 is 1.23 bits per heavy atom. The van der Waals surface area contributed by atoms with E-state index in [4.69, 9.17) is 14.2 Å². The second kappa shape index (κ2) is 7.19. The van der Waals surface area contributed by atoms with Crippen LogP contribution in [0.5, 0.6) is 5.75 Å². The van der Waals surface area contributed by atoms with E-state index in [0.29, 0.717) is 13.0 Å². The molecular formula is C17H22N2O7. The van der Waals surface area contributed by atoms with Crippen LogP contribution >= 0.6 is 0 Å². The number of ether oxygens (including phenoxy) is 3. The summed E-state index contributed by atoms with van der Waals surface area (Å²) in [4.78, 5) is 35.6. The number of nitro benzene ring substituents is 1. The normalized spacial score (nSPS) is 19.8. The smallest absolute Gasteiger partial charge is 0.444 e. The Morgan fingerprint density at radius 2 is 1.85 bits per heavy atom. The lowest BCUT2D eigenvalue weighted by molar-refractivity contribution is -0.384. The summed E-state index contributed by atoms with van der Waals surface area (Å²) in [6.07, 6.45) is -0.956. The van der Waals surface area contributed by atoms with Gasteiger partial charge in [0, 0.05) is 25.1 Å². The zero-order chi connectivity index (χ0) is 19.5. The molecule has 1 aromatic rings. The fraction of sp³-hybridized carbons (Fsp3) is 0.529. The monoisotopic (exact) mass is 366 g/mol. The summed E-state index contributed by atoms with van der Waals surface area (Å²) >= 11 is 0. The van der Waals surface area contributed by atoms with E-state index in [2.05, 4.69) is 0 Å². The van der Waals surface area contributed by atoms with Gasteiger partial charge in [0.05, 0.1) is 11.5 Å². The van der Waals surface area contributed by atoms with Crippen LogP contribution in [0.4, 0.5) is 15.3 Å². The SMILES string of the molecule is CC(C)(C)OC(=O)N1CCC(C)(OC(=O)Oc2ccc([N+](=O)[O-])cc2)C1. The van der Waals surface area contributed by atoms with Crippen molar-refractivity contribution in [2.45, 2.75) is 45.3 Å². The van der Waals surface area contributed by atoms with Crippen molar-refractivity contribution in [3.63, 3.8) is 0 Å². The molecule has 9 heteroatoms. The van der Waals surface area contributed by atoms with Crippen molar-refractivity contribution >= 4 is 17.9 Å². The number of benzene rings is 1. The van der Waals surface area contributed by atoms with E-state index in [1.807, 2.05) is 0 Å². The number of hydrogen-bond donors (Lipinski definition) is 0. The zero-order valence-corrected chi connectivity index (χ0v) is 15.2. The van der Waals surface area contributed by atoms with Crippen molar-refractivity contribution in [2.75, 3.05) is 13.1 Å². The predicted octanol–water partition coefficient (Wildman–Crippen LogP) is 3.51. The first-order chi connectivity index (χ1) is 12.0. The highest BCUT2D eigenvalue weighted by Gasteiger charge is 2.41. The van der Waals surface area contributed by atoms with E-state index in [1.165, 1.54) is 29.2 Å². The molecule has 0 aromatic heterocycles. The number of rotatable bonds is 3. The van der Waals surface area contributed by atoms with Gasteiger partial charge >= 0.3 is 12.2 Å². The van der Waals surface area contributed by atoms with Crippen molar-refractivity contribution in [3.8, 4) is 5.75 Å². The van der Waals surface area contributed by atoms with Gasteiger partial charge in [0.25, 0.3) is 5.69 Å². The van der Waals surface area contributed by atoms with Crippen molar-refractivity contribution in [1.29, 1.82) is 0 Å². The summed E-state index contributed by atoms with van der Waals surface area (Å²) in [5.74, 6) is 0.131. The summed E-state index contributed by atoms with van der Waals surface area (Å²) in [7, 11) is 0. The van der Waals surface area contributed by atoms with E-state index in [0.717, 1.165) is 0 Å². The molecule has 0 bridgehead atoms. The molecule has 1 heterocycles. The first-order valence-electron chi connectivity index (χ1n) is 8.11. The van der Waals surface area contributed by atoms with Crippen molar-refractivity contribution in [2.24, 2.45) is 0 Å². The number of nitrogens with zero attached hydrogens (tertiary/aromatic N) is 2. The summed E-state index contributed by atoms with van der Waals surface area (Å²) in [5.41, 5.74) is -1.61. The number of carbonyl (C=O) groups excluding carboxylic acids is 2. The first-order valence-corrected chi connectivity index (χ1v) is 8.11. The number of likely N-dealkylation sites (tertiary alicyclic amines) is 1. The second-order valence-corrected chi connectivity index (χ2v) is 7.31. The molecule has 2 rings (SSSR count). The molecule has 0 N–H and O–H groups in total. The van der Waals surface area contributed by atoms with Crippen molar-refractivity contribution in [1.82, 2.24) is 4.90 Å². The Kier molecular flexibility index (Phi) is 5.38. The Morgan fingerprint density at radius 3 is 2.38 bits per heavy atom. The van der Waals surface area contributed by atoms with E-state index in [1.54, 1.807) is 27.7 Å². The minimum absolute atomic E-state index is 0.110. The standard InChI is InChI=1S/C17H22N2O7/c1-16(2,3)25-14(20)18-10-9-17(4,11-18)26-15(21)24-13-7-5-12(6-8-13)19(22)23/h5-8H,9-11H2,1-4H3. The quantitative estimate of drug-likeness (QED) is 0.348. The lowest BCUT2D eigenvalue weighted by atomic mass is 10.1. The number of amides is 1. The Bertz CT molecular complexity index is 696. The fourth-order valence-corrected chi connectivity index (χ4v) is 2.45. The number of nitro groups is 1. The van der Waals surface area contributed by atoms with Crippen LogP contribution in [0.3, 0.4) is 0 Å². The molecule has 1 saturated heterocycles. The van der Waals surface area contributed by atoms with Crippen molar-refractivity contribution in [3.05, 3.63) is 34.4 Å². The van der Waals surface area contributed by atoms with Gasteiger partial charge in [-0.1, -0.05) is 0 Å². The molecule has 0 radical (unpaired) electrons. The molecule has 0 spiro atoms. The molecule has 1 atom stereocenters. The lowest BCUT2D eigenvalue weighted by Crippen LogP contribution is -2.40. The van der Waals surface area contributed by atoms with Crippen molar-refractivity contribution < 1.29 is 28.7 Å². The third-order valence-electron chi connectivity index (χ3n) is 3.67. The van der Waals surface area contributed by atoms with Crippen LogP contribution in [0, 0.1) is 10.1 Å². The van der Waals surface area contributed by atoms with Crippen LogP contribution in [-0.4, -0.2) is 46.4 Å². The fourth-order valence-electron chi connectivity index (χ4n) is 2.45.